The molecule has 2 rings (SSSR count). The van der Waals surface area contributed by atoms with Crippen molar-refractivity contribution in [2.45, 2.75) is 43.5 Å². The highest BCUT2D eigenvalue weighted by Gasteiger charge is 2.42. The zero-order chi connectivity index (χ0) is 7.90. The lowest BCUT2D eigenvalue weighted by atomic mass is 9.90. The predicted molar refractivity (Wildman–Crippen MR) is 41.1 cm³/mol. The zero-order valence-electron chi connectivity index (χ0n) is 6.62. The molecule has 0 aromatic rings. The van der Waals surface area contributed by atoms with Gasteiger partial charge in [-0.2, -0.15) is 0 Å². The van der Waals surface area contributed by atoms with Gasteiger partial charge in [-0.3, -0.25) is 0 Å². The van der Waals surface area contributed by atoms with Crippen LogP contribution < -0.4 is 5.73 Å². The Labute approximate surface area is 66.5 Å². The van der Waals surface area contributed by atoms with Gasteiger partial charge in [0.1, 0.15) is 0 Å². The largest absolute Gasteiger partial charge is 0.388 e. The van der Waals surface area contributed by atoms with Crippen LogP contribution in [0, 0.1) is 0 Å². The van der Waals surface area contributed by atoms with Gasteiger partial charge in [-0.1, -0.05) is 0 Å². The lowest BCUT2D eigenvalue weighted by Crippen LogP contribution is -2.46. The summed E-state index contributed by atoms with van der Waals surface area (Å²) in [6.07, 6.45) is 4.24. The highest BCUT2D eigenvalue weighted by molar-refractivity contribution is 4.94. The molecule has 2 heterocycles. The fourth-order valence-corrected chi connectivity index (χ4v) is 2.18. The van der Waals surface area contributed by atoms with Gasteiger partial charge in [0.15, 0.2) is 0 Å². The standard InChI is InChI=1S/C8H15NO2/c9-5-8(10)3-6-1-2-7(4-8)11-6/h6-7,10H,1-5,9H2. The quantitative estimate of drug-likeness (QED) is 0.564. The summed E-state index contributed by atoms with van der Waals surface area (Å²) in [7, 11) is 0. The Morgan fingerprint density at radius 1 is 1.36 bits per heavy atom. The van der Waals surface area contributed by atoms with Gasteiger partial charge in [0, 0.05) is 19.4 Å². The summed E-state index contributed by atoms with van der Waals surface area (Å²) in [5, 5.41) is 9.86. The van der Waals surface area contributed by atoms with E-state index in [2.05, 4.69) is 0 Å². The van der Waals surface area contributed by atoms with E-state index < -0.39 is 5.60 Å². The average Bonchev–Trinajstić information content (AvgIpc) is 2.31. The molecule has 0 aliphatic carbocycles. The average molecular weight is 157 g/mol. The molecule has 0 saturated carbocycles. The maximum Gasteiger partial charge on any atom is 0.0818 e. The summed E-state index contributed by atoms with van der Waals surface area (Å²) in [5.41, 5.74) is 4.86. The van der Waals surface area contributed by atoms with Gasteiger partial charge >= 0.3 is 0 Å². The molecule has 2 aliphatic rings. The second-order valence-corrected chi connectivity index (χ2v) is 3.79. The Hall–Kier alpha value is -0.120. The predicted octanol–water partition coefficient (Wildman–Crippen LogP) is 0.0176. The number of hydrogen-bond donors (Lipinski definition) is 2. The summed E-state index contributed by atoms with van der Waals surface area (Å²) in [4.78, 5) is 0. The Kier molecular flexibility index (Phi) is 1.67. The van der Waals surface area contributed by atoms with Gasteiger partial charge in [0.2, 0.25) is 0 Å². The maximum absolute atomic E-state index is 9.86. The summed E-state index contributed by atoms with van der Waals surface area (Å²) in [6, 6.07) is 0. The minimum atomic E-state index is -0.621. The number of ether oxygens (including phenoxy) is 1. The topological polar surface area (TPSA) is 55.5 Å². The molecule has 2 unspecified atom stereocenters. The molecule has 3 heteroatoms. The second kappa shape index (κ2) is 2.44. The van der Waals surface area contributed by atoms with E-state index in [1.807, 2.05) is 0 Å². The normalized spacial score (nSPS) is 49.6. The smallest absolute Gasteiger partial charge is 0.0818 e. The first kappa shape index (κ1) is 7.53. The van der Waals surface area contributed by atoms with Crippen LogP contribution in [0.5, 0.6) is 0 Å². The summed E-state index contributed by atoms with van der Waals surface area (Å²) >= 11 is 0. The van der Waals surface area contributed by atoms with Crippen LogP contribution >= 0.6 is 0 Å². The molecule has 0 spiro atoms. The molecular weight excluding hydrogens is 142 g/mol. The third-order valence-corrected chi connectivity index (χ3v) is 2.79. The van der Waals surface area contributed by atoms with Crippen LogP contribution in [0.25, 0.3) is 0 Å². The SMILES string of the molecule is NCC1(O)CC2CCC(C1)O2. The maximum atomic E-state index is 9.86. The van der Waals surface area contributed by atoms with E-state index in [9.17, 15) is 5.11 Å². The van der Waals surface area contributed by atoms with Gasteiger partial charge in [-0.05, 0) is 12.8 Å². The number of hydrogen-bond acceptors (Lipinski definition) is 3. The molecule has 0 aromatic heterocycles. The van der Waals surface area contributed by atoms with E-state index in [0.717, 1.165) is 25.7 Å². The first-order chi connectivity index (χ1) is 5.22. The first-order valence-electron chi connectivity index (χ1n) is 4.30. The molecule has 11 heavy (non-hydrogen) atoms. The fraction of sp³-hybridized carbons (Fsp3) is 1.00. The van der Waals surface area contributed by atoms with Crippen LogP contribution in [-0.2, 0) is 4.74 Å². The van der Waals surface area contributed by atoms with Crippen molar-refractivity contribution in [3.05, 3.63) is 0 Å². The Morgan fingerprint density at radius 3 is 2.36 bits per heavy atom. The van der Waals surface area contributed by atoms with E-state index in [1.165, 1.54) is 0 Å². The van der Waals surface area contributed by atoms with E-state index in [1.54, 1.807) is 0 Å². The van der Waals surface area contributed by atoms with Crippen LogP contribution in [0.1, 0.15) is 25.7 Å². The van der Waals surface area contributed by atoms with Crippen molar-refractivity contribution < 1.29 is 9.84 Å². The van der Waals surface area contributed by atoms with E-state index in [-0.39, 0.29) is 12.2 Å². The number of nitrogens with two attached hydrogens (primary N) is 1. The molecule has 2 fully saturated rings. The molecule has 2 bridgehead atoms. The summed E-state index contributed by atoms with van der Waals surface area (Å²) in [6.45, 7) is 0.378. The molecule has 64 valence electrons. The van der Waals surface area contributed by atoms with Crippen molar-refractivity contribution in [2.75, 3.05) is 6.54 Å². The Morgan fingerprint density at radius 2 is 1.91 bits per heavy atom. The van der Waals surface area contributed by atoms with Gasteiger partial charge in [-0.25, -0.2) is 0 Å². The third-order valence-electron chi connectivity index (χ3n) is 2.79. The molecular formula is C8H15NO2. The van der Waals surface area contributed by atoms with E-state index >= 15 is 0 Å². The van der Waals surface area contributed by atoms with Crippen molar-refractivity contribution in [2.24, 2.45) is 5.73 Å². The summed E-state index contributed by atoms with van der Waals surface area (Å²) in [5.74, 6) is 0. The van der Waals surface area contributed by atoms with Gasteiger partial charge < -0.3 is 15.6 Å². The number of rotatable bonds is 1. The zero-order valence-corrected chi connectivity index (χ0v) is 6.62. The molecule has 0 radical (unpaired) electrons. The monoisotopic (exact) mass is 157 g/mol. The molecule has 2 atom stereocenters. The van der Waals surface area contributed by atoms with Crippen LogP contribution in [0.3, 0.4) is 0 Å². The van der Waals surface area contributed by atoms with Crippen LogP contribution in [0.15, 0.2) is 0 Å². The Balaban J connectivity index is 2.07. The molecule has 0 aromatic carbocycles. The molecule has 2 aliphatic heterocycles. The van der Waals surface area contributed by atoms with Gasteiger partial charge in [0.25, 0.3) is 0 Å². The molecule has 2 saturated heterocycles. The second-order valence-electron chi connectivity index (χ2n) is 3.79. The van der Waals surface area contributed by atoms with Crippen molar-refractivity contribution in [3.8, 4) is 0 Å². The number of fused-ring (bicyclic) bond motifs is 2. The van der Waals surface area contributed by atoms with E-state index in [4.69, 9.17) is 10.5 Å². The van der Waals surface area contributed by atoms with Crippen LogP contribution in [0.4, 0.5) is 0 Å². The van der Waals surface area contributed by atoms with Crippen molar-refractivity contribution in [1.82, 2.24) is 0 Å². The minimum Gasteiger partial charge on any atom is -0.388 e. The van der Waals surface area contributed by atoms with Crippen molar-refractivity contribution in [3.63, 3.8) is 0 Å². The minimum absolute atomic E-state index is 0.280. The lowest BCUT2D eigenvalue weighted by molar-refractivity contribution is -0.105. The summed E-state index contributed by atoms with van der Waals surface area (Å²) < 4.78 is 5.58. The Bertz CT molecular complexity index is 148. The molecule has 3 nitrogen and oxygen atoms in total. The molecule has 3 N–H and O–H groups in total. The third kappa shape index (κ3) is 1.28. The van der Waals surface area contributed by atoms with E-state index in [0.29, 0.717) is 6.54 Å². The van der Waals surface area contributed by atoms with Gasteiger partial charge in [-0.15, -0.1) is 0 Å². The van der Waals surface area contributed by atoms with Crippen molar-refractivity contribution >= 4 is 0 Å². The number of aliphatic hydroxyl groups is 1. The highest BCUT2D eigenvalue weighted by atomic mass is 16.5. The first-order valence-corrected chi connectivity index (χ1v) is 4.30. The van der Waals surface area contributed by atoms with Crippen LogP contribution in [-0.4, -0.2) is 29.5 Å². The highest BCUT2D eigenvalue weighted by Crippen LogP contribution is 2.37. The fourth-order valence-electron chi connectivity index (χ4n) is 2.18. The van der Waals surface area contributed by atoms with Gasteiger partial charge in [0.05, 0.1) is 17.8 Å². The van der Waals surface area contributed by atoms with Crippen molar-refractivity contribution in [1.29, 1.82) is 0 Å². The molecule has 0 amide bonds. The van der Waals surface area contributed by atoms with Crippen LogP contribution in [0.2, 0.25) is 0 Å². The lowest BCUT2D eigenvalue weighted by Gasteiger charge is -2.35.